The van der Waals surface area contributed by atoms with E-state index in [9.17, 15) is 0 Å². The topological polar surface area (TPSA) is 30.5 Å². The lowest BCUT2D eigenvalue weighted by atomic mass is 9.84. The van der Waals surface area contributed by atoms with E-state index in [-0.39, 0.29) is 5.41 Å². The Morgan fingerprint density at radius 1 is 0.909 bits per heavy atom. The molecule has 0 radical (unpaired) electrons. The molecule has 0 aliphatic heterocycles. The van der Waals surface area contributed by atoms with Crippen LogP contribution in [0.25, 0.3) is 0 Å². The van der Waals surface area contributed by atoms with Gasteiger partial charge >= 0.3 is 0 Å². The van der Waals surface area contributed by atoms with E-state index in [2.05, 4.69) is 55.6 Å². The molecular formula is C19H25NO2. The van der Waals surface area contributed by atoms with Crippen molar-refractivity contribution in [3.8, 4) is 11.5 Å². The van der Waals surface area contributed by atoms with Gasteiger partial charge in [-0.2, -0.15) is 0 Å². The number of nitrogens with one attached hydrogen (secondary N) is 1. The van der Waals surface area contributed by atoms with Crippen molar-refractivity contribution in [2.75, 3.05) is 20.8 Å². The van der Waals surface area contributed by atoms with E-state index in [1.807, 2.05) is 12.1 Å². The Hall–Kier alpha value is -2.00. The zero-order chi connectivity index (χ0) is 16.0. The second kappa shape index (κ2) is 7.32. The first-order chi connectivity index (χ1) is 10.6. The molecule has 0 bridgehead atoms. The van der Waals surface area contributed by atoms with Gasteiger partial charge in [-0.25, -0.2) is 0 Å². The number of ether oxygens (including phenoxy) is 2. The zero-order valence-corrected chi connectivity index (χ0v) is 13.8. The minimum Gasteiger partial charge on any atom is -0.493 e. The van der Waals surface area contributed by atoms with E-state index >= 15 is 0 Å². The molecule has 0 aliphatic carbocycles. The summed E-state index contributed by atoms with van der Waals surface area (Å²) in [7, 11) is 3.31. The Morgan fingerprint density at radius 2 is 1.59 bits per heavy atom. The minimum atomic E-state index is 0.0951. The summed E-state index contributed by atoms with van der Waals surface area (Å²) in [4.78, 5) is 0. The summed E-state index contributed by atoms with van der Waals surface area (Å²) in [5.41, 5.74) is 2.62. The fourth-order valence-corrected chi connectivity index (χ4v) is 2.50. The van der Waals surface area contributed by atoms with Gasteiger partial charge in [0.1, 0.15) is 0 Å². The summed E-state index contributed by atoms with van der Waals surface area (Å²) in [5.74, 6) is 1.53. The van der Waals surface area contributed by atoms with E-state index < -0.39 is 0 Å². The van der Waals surface area contributed by atoms with Crippen LogP contribution in [0.15, 0.2) is 48.5 Å². The molecule has 2 aromatic carbocycles. The average molecular weight is 299 g/mol. The molecule has 2 aromatic rings. The highest BCUT2D eigenvalue weighted by atomic mass is 16.5. The Kier molecular flexibility index (Phi) is 5.45. The van der Waals surface area contributed by atoms with Crippen molar-refractivity contribution < 1.29 is 9.47 Å². The molecule has 1 N–H and O–H groups in total. The Labute approximate surface area is 133 Å². The first-order valence-electron chi connectivity index (χ1n) is 7.54. The van der Waals surface area contributed by atoms with Crippen LogP contribution in [0, 0.1) is 0 Å². The van der Waals surface area contributed by atoms with Crippen LogP contribution in [0.4, 0.5) is 0 Å². The van der Waals surface area contributed by atoms with Crippen molar-refractivity contribution in [3.05, 3.63) is 59.7 Å². The number of hydrogen-bond donors (Lipinski definition) is 1. The molecule has 0 saturated heterocycles. The minimum absolute atomic E-state index is 0.0951. The van der Waals surface area contributed by atoms with Crippen molar-refractivity contribution in [2.45, 2.75) is 25.8 Å². The standard InChI is InChI=1S/C19H25NO2/c1-19(2,16-8-6-5-7-9-16)14-20-13-15-10-11-17(21-3)18(12-15)22-4/h5-12,20H,13-14H2,1-4H3. The predicted molar refractivity (Wildman–Crippen MR) is 90.7 cm³/mol. The smallest absolute Gasteiger partial charge is 0.161 e. The predicted octanol–water partition coefficient (Wildman–Crippen LogP) is 3.77. The van der Waals surface area contributed by atoms with Crippen LogP contribution < -0.4 is 14.8 Å². The van der Waals surface area contributed by atoms with Gasteiger partial charge < -0.3 is 14.8 Å². The maximum absolute atomic E-state index is 5.34. The Bertz CT molecular complexity index is 594. The quantitative estimate of drug-likeness (QED) is 0.844. The van der Waals surface area contributed by atoms with Crippen LogP contribution in [0.2, 0.25) is 0 Å². The van der Waals surface area contributed by atoms with Crippen molar-refractivity contribution in [2.24, 2.45) is 0 Å². The van der Waals surface area contributed by atoms with Crippen LogP contribution in [0.5, 0.6) is 11.5 Å². The molecule has 0 amide bonds. The molecule has 0 spiro atoms. The molecule has 0 heterocycles. The van der Waals surface area contributed by atoms with Gasteiger partial charge in [-0.15, -0.1) is 0 Å². The summed E-state index contributed by atoms with van der Waals surface area (Å²) in [5, 5.41) is 3.53. The first-order valence-corrected chi connectivity index (χ1v) is 7.54. The Morgan fingerprint density at radius 3 is 2.23 bits per heavy atom. The lowest BCUT2D eigenvalue weighted by molar-refractivity contribution is 0.354. The number of rotatable bonds is 7. The van der Waals surface area contributed by atoms with Crippen molar-refractivity contribution in [1.29, 1.82) is 0 Å². The largest absolute Gasteiger partial charge is 0.493 e. The molecule has 0 fully saturated rings. The highest BCUT2D eigenvalue weighted by Crippen LogP contribution is 2.27. The average Bonchev–Trinajstić information content (AvgIpc) is 2.55. The third kappa shape index (κ3) is 4.01. The van der Waals surface area contributed by atoms with E-state index in [0.29, 0.717) is 0 Å². The normalized spacial score (nSPS) is 11.3. The van der Waals surface area contributed by atoms with Crippen LogP contribution >= 0.6 is 0 Å². The van der Waals surface area contributed by atoms with Gasteiger partial charge in [0, 0.05) is 18.5 Å². The number of methoxy groups -OCH3 is 2. The van der Waals surface area contributed by atoms with Crippen molar-refractivity contribution in [1.82, 2.24) is 5.32 Å². The van der Waals surface area contributed by atoms with Crippen LogP contribution in [-0.2, 0) is 12.0 Å². The molecule has 0 aromatic heterocycles. The monoisotopic (exact) mass is 299 g/mol. The lowest BCUT2D eigenvalue weighted by Crippen LogP contribution is -2.32. The number of hydrogen-bond acceptors (Lipinski definition) is 3. The fourth-order valence-electron chi connectivity index (χ4n) is 2.50. The summed E-state index contributed by atoms with van der Waals surface area (Å²) < 4.78 is 10.6. The number of benzene rings is 2. The summed E-state index contributed by atoms with van der Waals surface area (Å²) in [6.07, 6.45) is 0. The molecule has 0 unspecified atom stereocenters. The molecule has 3 nitrogen and oxygen atoms in total. The van der Waals surface area contributed by atoms with E-state index in [0.717, 1.165) is 24.6 Å². The highest BCUT2D eigenvalue weighted by Gasteiger charge is 2.19. The van der Waals surface area contributed by atoms with E-state index in [1.165, 1.54) is 11.1 Å². The maximum atomic E-state index is 5.34. The third-order valence-electron chi connectivity index (χ3n) is 3.90. The van der Waals surface area contributed by atoms with Gasteiger partial charge in [-0.05, 0) is 23.3 Å². The molecule has 22 heavy (non-hydrogen) atoms. The molecule has 2 rings (SSSR count). The SMILES string of the molecule is COc1ccc(CNCC(C)(C)c2ccccc2)cc1OC. The van der Waals surface area contributed by atoms with Crippen LogP contribution in [0.1, 0.15) is 25.0 Å². The van der Waals surface area contributed by atoms with Gasteiger partial charge in [0.05, 0.1) is 14.2 Å². The van der Waals surface area contributed by atoms with Gasteiger partial charge in [-0.1, -0.05) is 50.2 Å². The van der Waals surface area contributed by atoms with Crippen LogP contribution in [-0.4, -0.2) is 20.8 Å². The molecule has 0 saturated carbocycles. The Balaban J connectivity index is 1.96. The fraction of sp³-hybridized carbons (Fsp3) is 0.368. The maximum Gasteiger partial charge on any atom is 0.161 e. The van der Waals surface area contributed by atoms with Gasteiger partial charge in [0.25, 0.3) is 0 Å². The molecule has 3 heteroatoms. The summed E-state index contributed by atoms with van der Waals surface area (Å²) in [6, 6.07) is 16.6. The summed E-state index contributed by atoms with van der Waals surface area (Å²) in [6.45, 7) is 6.22. The van der Waals surface area contributed by atoms with Gasteiger partial charge in [0.15, 0.2) is 11.5 Å². The second-order valence-electron chi connectivity index (χ2n) is 6.04. The van der Waals surface area contributed by atoms with Gasteiger partial charge in [-0.3, -0.25) is 0 Å². The first kappa shape index (κ1) is 16.4. The second-order valence-corrected chi connectivity index (χ2v) is 6.04. The zero-order valence-electron chi connectivity index (χ0n) is 13.8. The molecule has 118 valence electrons. The molecule has 0 atom stereocenters. The molecule has 0 aliphatic rings. The van der Waals surface area contributed by atoms with Gasteiger partial charge in [0.2, 0.25) is 0 Å². The summed E-state index contributed by atoms with van der Waals surface area (Å²) >= 11 is 0. The lowest BCUT2D eigenvalue weighted by Gasteiger charge is -2.26. The van der Waals surface area contributed by atoms with Crippen molar-refractivity contribution in [3.63, 3.8) is 0 Å². The highest BCUT2D eigenvalue weighted by molar-refractivity contribution is 5.42. The van der Waals surface area contributed by atoms with E-state index in [1.54, 1.807) is 14.2 Å². The van der Waals surface area contributed by atoms with Crippen LogP contribution in [0.3, 0.4) is 0 Å². The molecular weight excluding hydrogens is 274 g/mol. The third-order valence-corrected chi connectivity index (χ3v) is 3.90. The van der Waals surface area contributed by atoms with E-state index in [4.69, 9.17) is 9.47 Å². The van der Waals surface area contributed by atoms with Crippen molar-refractivity contribution >= 4 is 0 Å².